The molecule has 0 aliphatic carbocycles. The summed E-state index contributed by atoms with van der Waals surface area (Å²) in [5, 5.41) is 5.94. The average molecular weight is 427 g/mol. The van der Waals surface area contributed by atoms with Crippen LogP contribution in [0.3, 0.4) is 0 Å². The van der Waals surface area contributed by atoms with Crippen molar-refractivity contribution in [3.63, 3.8) is 0 Å². The molecule has 0 saturated carbocycles. The van der Waals surface area contributed by atoms with Crippen LogP contribution in [0.2, 0.25) is 0 Å². The van der Waals surface area contributed by atoms with E-state index in [9.17, 15) is 4.79 Å². The van der Waals surface area contributed by atoms with E-state index >= 15 is 0 Å². The lowest BCUT2D eigenvalue weighted by atomic mass is 10.1. The molecule has 160 valence electrons. The number of pyridine rings is 1. The van der Waals surface area contributed by atoms with E-state index < -0.39 is 0 Å². The predicted molar refractivity (Wildman–Crippen MR) is 121 cm³/mol. The number of hydrogen-bond acceptors (Lipinski definition) is 7. The molecule has 2 aromatic heterocycles. The molecule has 32 heavy (non-hydrogen) atoms. The highest BCUT2D eigenvalue weighted by Crippen LogP contribution is 2.24. The second-order valence-electron chi connectivity index (χ2n) is 6.66. The summed E-state index contributed by atoms with van der Waals surface area (Å²) in [5.41, 5.74) is 2.00. The number of hydrogen-bond donors (Lipinski definition) is 2. The van der Waals surface area contributed by atoms with Crippen molar-refractivity contribution in [1.82, 2.24) is 15.0 Å². The summed E-state index contributed by atoms with van der Waals surface area (Å²) in [6.45, 7) is 0.278. The summed E-state index contributed by atoms with van der Waals surface area (Å²) in [6.07, 6.45) is 4.88. The summed E-state index contributed by atoms with van der Waals surface area (Å²) in [6, 6.07) is 19.9. The van der Waals surface area contributed by atoms with E-state index in [0.29, 0.717) is 28.6 Å². The maximum Gasteiger partial charge on any atom is 0.321 e. The van der Waals surface area contributed by atoms with Crippen LogP contribution >= 0.6 is 0 Å². The number of amides is 1. The molecule has 0 saturated heterocycles. The van der Waals surface area contributed by atoms with E-state index in [-0.39, 0.29) is 18.5 Å². The van der Waals surface area contributed by atoms with Crippen LogP contribution in [0.15, 0.2) is 85.3 Å². The van der Waals surface area contributed by atoms with Crippen molar-refractivity contribution in [2.45, 2.75) is 6.61 Å². The molecule has 2 N–H and O–H groups in total. The van der Waals surface area contributed by atoms with Gasteiger partial charge in [0.15, 0.2) is 11.6 Å². The third-order valence-electron chi connectivity index (χ3n) is 4.52. The standard InChI is InChI=1S/C24H21N5O3/c1-25-22-21(8-4-13-26-22)31-16-18-6-2-3-7-20(18)29-23(30)17-9-11-19(12-10-17)32-24-27-14-5-15-28-24/h2-15H,16H2,1H3,(H,25,26)(H,29,30). The number of carbonyl (C=O) groups excluding carboxylic acids is 1. The zero-order valence-electron chi connectivity index (χ0n) is 17.4. The molecule has 0 radical (unpaired) electrons. The minimum atomic E-state index is -0.239. The molecule has 0 aliphatic rings. The number of ether oxygens (including phenoxy) is 2. The molecule has 1 amide bonds. The van der Waals surface area contributed by atoms with Crippen LogP contribution in [0.4, 0.5) is 11.5 Å². The number of para-hydroxylation sites is 1. The van der Waals surface area contributed by atoms with Gasteiger partial charge in [-0.1, -0.05) is 18.2 Å². The maximum atomic E-state index is 12.8. The Balaban J connectivity index is 1.42. The zero-order chi connectivity index (χ0) is 22.2. The van der Waals surface area contributed by atoms with Crippen LogP contribution < -0.4 is 20.1 Å². The molecule has 8 heteroatoms. The molecule has 2 heterocycles. The van der Waals surface area contributed by atoms with Gasteiger partial charge in [0.05, 0.1) is 0 Å². The number of rotatable bonds is 8. The first-order valence-corrected chi connectivity index (χ1v) is 9.92. The van der Waals surface area contributed by atoms with Crippen LogP contribution in [-0.4, -0.2) is 27.9 Å². The second-order valence-corrected chi connectivity index (χ2v) is 6.66. The van der Waals surface area contributed by atoms with Gasteiger partial charge in [-0.25, -0.2) is 15.0 Å². The number of anilines is 2. The molecule has 0 fully saturated rings. The summed E-state index contributed by atoms with van der Waals surface area (Å²) in [4.78, 5) is 25.0. The molecule has 4 rings (SSSR count). The highest BCUT2D eigenvalue weighted by Gasteiger charge is 2.11. The van der Waals surface area contributed by atoms with Crippen molar-refractivity contribution < 1.29 is 14.3 Å². The van der Waals surface area contributed by atoms with Gasteiger partial charge in [-0.2, -0.15) is 0 Å². The van der Waals surface area contributed by atoms with Gasteiger partial charge in [0.25, 0.3) is 5.91 Å². The van der Waals surface area contributed by atoms with Crippen molar-refractivity contribution in [3.8, 4) is 17.5 Å². The smallest absolute Gasteiger partial charge is 0.321 e. The Labute approximate surface area is 185 Å². The van der Waals surface area contributed by atoms with Crippen molar-refractivity contribution in [3.05, 3.63) is 96.4 Å². The predicted octanol–water partition coefficient (Wildman–Crippen LogP) is 4.54. The Bertz CT molecular complexity index is 1180. The van der Waals surface area contributed by atoms with Gasteiger partial charge in [-0.3, -0.25) is 4.79 Å². The SMILES string of the molecule is CNc1ncccc1OCc1ccccc1NC(=O)c1ccc(Oc2ncccn2)cc1. The van der Waals surface area contributed by atoms with E-state index in [0.717, 1.165) is 5.56 Å². The lowest BCUT2D eigenvalue weighted by Gasteiger charge is -2.14. The summed E-state index contributed by atoms with van der Waals surface area (Å²) >= 11 is 0. The first-order chi connectivity index (χ1) is 15.7. The molecule has 2 aromatic carbocycles. The largest absolute Gasteiger partial charge is 0.485 e. The minimum Gasteiger partial charge on any atom is -0.485 e. The topological polar surface area (TPSA) is 98.3 Å². The van der Waals surface area contributed by atoms with E-state index in [1.54, 1.807) is 62.0 Å². The Morgan fingerprint density at radius 2 is 1.62 bits per heavy atom. The molecule has 0 atom stereocenters. The third kappa shape index (κ3) is 5.17. The number of carbonyl (C=O) groups is 1. The lowest BCUT2D eigenvalue weighted by Crippen LogP contribution is -2.14. The fourth-order valence-electron chi connectivity index (χ4n) is 2.93. The number of nitrogens with zero attached hydrogens (tertiary/aromatic N) is 3. The van der Waals surface area contributed by atoms with E-state index in [1.807, 2.05) is 30.3 Å². The van der Waals surface area contributed by atoms with Gasteiger partial charge >= 0.3 is 6.01 Å². The van der Waals surface area contributed by atoms with Crippen molar-refractivity contribution in [2.75, 3.05) is 17.7 Å². The molecule has 0 spiro atoms. The van der Waals surface area contributed by atoms with Gasteiger partial charge in [-0.05, 0) is 48.5 Å². The van der Waals surface area contributed by atoms with Gasteiger partial charge in [0.2, 0.25) is 0 Å². The molecule has 0 unspecified atom stereocenters. The van der Waals surface area contributed by atoms with Crippen LogP contribution in [0.1, 0.15) is 15.9 Å². The minimum absolute atomic E-state index is 0.239. The highest BCUT2D eigenvalue weighted by atomic mass is 16.5. The first-order valence-electron chi connectivity index (χ1n) is 9.92. The van der Waals surface area contributed by atoms with Crippen molar-refractivity contribution in [1.29, 1.82) is 0 Å². The monoisotopic (exact) mass is 427 g/mol. The van der Waals surface area contributed by atoms with Crippen LogP contribution in [0, 0.1) is 0 Å². The summed E-state index contributed by atoms with van der Waals surface area (Å²) < 4.78 is 11.5. The lowest BCUT2D eigenvalue weighted by molar-refractivity contribution is 0.102. The highest BCUT2D eigenvalue weighted by molar-refractivity contribution is 6.04. The van der Waals surface area contributed by atoms with Crippen LogP contribution in [-0.2, 0) is 6.61 Å². The Hall–Kier alpha value is -4.46. The van der Waals surface area contributed by atoms with E-state index in [1.165, 1.54) is 0 Å². The Morgan fingerprint density at radius 1 is 0.875 bits per heavy atom. The summed E-state index contributed by atoms with van der Waals surface area (Å²) in [7, 11) is 1.78. The Kier molecular flexibility index (Phi) is 6.52. The van der Waals surface area contributed by atoms with Gasteiger partial charge in [-0.15, -0.1) is 0 Å². The van der Waals surface area contributed by atoms with E-state index in [2.05, 4.69) is 25.6 Å². The van der Waals surface area contributed by atoms with Crippen LogP contribution in [0.5, 0.6) is 17.5 Å². The maximum absolute atomic E-state index is 12.8. The number of aromatic nitrogens is 3. The first kappa shape index (κ1) is 20.8. The van der Waals surface area contributed by atoms with Gasteiger partial charge in [0, 0.05) is 42.5 Å². The average Bonchev–Trinajstić information content (AvgIpc) is 2.85. The molecule has 8 nitrogen and oxygen atoms in total. The van der Waals surface area contributed by atoms with Crippen molar-refractivity contribution >= 4 is 17.4 Å². The molecular weight excluding hydrogens is 406 g/mol. The fraction of sp³-hybridized carbons (Fsp3) is 0.0833. The summed E-state index contributed by atoms with van der Waals surface area (Å²) in [5.74, 6) is 1.59. The van der Waals surface area contributed by atoms with Crippen molar-refractivity contribution in [2.24, 2.45) is 0 Å². The third-order valence-corrected chi connectivity index (χ3v) is 4.52. The van der Waals surface area contributed by atoms with Gasteiger partial charge in [0.1, 0.15) is 12.4 Å². The molecule has 0 bridgehead atoms. The normalized spacial score (nSPS) is 10.3. The molecular formula is C24H21N5O3. The van der Waals surface area contributed by atoms with Crippen LogP contribution in [0.25, 0.3) is 0 Å². The van der Waals surface area contributed by atoms with Gasteiger partial charge < -0.3 is 20.1 Å². The quantitative estimate of drug-likeness (QED) is 0.426. The Morgan fingerprint density at radius 3 is 2.41 bits per heavy atom. The number of benzene rings is 2. The molecule has 4 aromatic rings. The fourth-order valence-corrected chi connectivity index (χ4v) is 2.93. The van der Waals surface area contributed by atoms with E-state index in [4.69, 9.17) is 9.47 Å². The number of nitrogens with one attached hydrogen (secondary N) is 2. The molecule has 0 aliphatic heterocycles. The second kappa shape index (κ2) is 10.0. The zero-order valence-corrected chi connectivity index (χ0v) is 17.4.